The topological polar surface area (TPSA) is 30.2 Å². The zero-order valence-corrected chi connectivity index (χ0v) is 8.55. The standard InChI is InChI=1S/C8H9ClNO2.ClH/c1-12-8(11)7-3-2-4-10(5-7)6-9;/h2-5H,6H2,1H3;1H/q+1;/p-1. The molecule has 0 atom stereocenters. The third-order valence-electron chi connectivity index (χ3n) is 1.42. The van der Waals surface area contributed by atoms with Crippen LogP contribution in [-0.4, -0.2) is 13.1 Å². The number of carbonyl (C=O) groups is 1. The summed E-state index contributed by atoms with van der Waals surface area (Å²) in [6.07, 6.45) is 3.41. The summed E-state index contributed by atoms with van der Waals surface area (Å²) in [5.41, 5.74) is 0.501. The van der Waals surface area contributed by atoms with Gasteiger partial charge in [0.2, 0.25) is 6.00 Å². The molecule has 0 saturated carbocycles. The summed E-state index contributed by atoms with van der Waals surface area (Å²) >= 11 is 5.56. The second-order valence-corrected chi connectivity index (χ2v) is 2.46. The molecule has 13 heavy (non-hydrogen) atoms. The molecule has 0 radical (unpaired) electrons. The zero-order chi connectivity index (χ0) is 8.97. The minimum absolute atomic E-state index is 0. The molecule has 72 valence electrons. The molecule has 0 saturated heterocycles. The fourth-order valence-electron chi connectivity index (χ4n) is 0.835. The van der Waals surface area contributed by atoms with Crippen molar-refractivity contribution >= 4 is 17.6 Å². The molecule has 0 aliphatic carbocycles. The minimum atomic E-state index is -0.352. The molecular formula is C8H9Cl2NO2. The Morgan fingerprint density at radius 3 is 2.92 bits per heavy atom. The monoisotopic (exact) mass is 221 g/mol. The van der Waals surface area contributed by atoms with E-state index >= 15 is 0 Å². The Balaban J connectivity index is 0.00000144. The van der Waals surface area contributed by atoms with Gasteiger partial charge in [0.1, 0.15) is 5.56 Å². The Hall–Kier alpha value is -0.800. The number of esters is 1. The van der Waals surface area contributed by atoms with E-state index in [9.17, 15) is 4.79 Å². The van der Waals surface area contributed by atoms with Gasteiger partial charge < -0.3 is 17.1 Å². The van der Waals surface area contributed by atoms with Crippen molar-refractivity contribution in [2.24, 2.45) is 0 Å². The molecule has 5 heteroatoms. The highest BCUT2D eigenvalue weighted by Crippen LogP contribution is 1.96. The third kappa shape index (κ3) is 3.20. The first-order valence-corrected chi connectivity index (χ1v) is 3.94. The third-order valence-corrected chi connectivity index (χ3v) is 1.69. The molecule has 0 aromatic carbocycles. The van der Waals surface area contributed by atoms with Crippen LogP contribution in [0.4, 0.5) is 0 Å². The van der Waals surface area contributed by atoms with Crippen LogP contribution in [0.5, 0.6) is 0 Å². The summed E-state index contributed by atoms with van der Waals surface area (Å²) in [4.78, 5) is 11.0. The van der Waals surface area contributed by atoms with Gasteiger partial charge in [0.25, 0.3) is 0 Å². The number of carbonyl (C=O) groups excluding carboxylic acids is 1. The van der Waals surface area contributed by atoms with Crippen molar-refractivity contribution < 1.29 is 26.5 Å². The first kappa shape index (κ1) is 12.2. The predicted molar refractivity (Wildman–Crippen MR) is 43.8 cm³/mol. The average molecular weight is 222 g/mol. The largest absolute Gasteiger partial charge is 1.00 e. The van der Waals surface area contributed by atoms with Crippen LogP contribution in [0, 0.1) is 0 Å². The summed E-state index contributed by atoms with van der Waals surface area (Å²) in [6, 6.07) is 3.74. The lowest BCUT2D eigenvalue weighted by Gasteiger charge is -1.96. The van der Waals surface area contributed by atoms with Crippen molar-refractivity contribution in [2.75, 3.05) is 7.11 Å². The van der Waals surface area contributed by atoms with Crippen LogP contribution in [0.15, 0.2) is 24.5 Å². The predicted octanol–water partition coefficient (Wildman–Crippen LogP) is -2.04. The Morgan fingerprint density at radius 2 is 2.38 bits per heavy atom. The second-order valence-electron chi connectivity index (χ2n) is 2.22. The molecule has 1 heterocycles. The lowest BCUT2D eigenvalue weighted by molar-refractivity contribution is -0.678. The Bertz CT molecular complexity index is 291. The number of hydrogen-bond acceptors (Lipinski definition) is 2. The molecule has 0 spiro atoms. The maximum absolute atomic E-state index is 11.0. The highest BCUT2D eigenvalue weighted by atomic mass is 35.5. The maximum atomic E-state index is 11.0. The highest BCUT2D eigenvalue weighted by molar-refractivity contribution is 6.14. The average Bonchev–Trinajstić information content (AvgIpc) is 2.17. The number of methoxy groups -OCH3 is 1. The van der Waals surface area contributed by atoms with Crippen LogP contribution >= 0.6 is 11.6 Å². The molecule has 0 aliphatic heterocycles. The number of ether oxygens (including phenoxy) is 1. The van der Waals surface area contributed by atoms with E-state index < -0.39 is 0 Å². The first-order valence-electron chi connectivity index (χ1n) is 3.41. The van der Waals surface area contributed by atoms with E-state index in [0.29, 0.717) is 11.6 Å². The van der Waals surface area contributed by atoms with Crippen LogP contribution in [0.3, 0.4) is 0 Å². The van der Waals surface area contributed by atoms with Crippen LogP contribution < -0.4 is 17.0 Å². The van der Waals surface area contributed by atoms with Crippen LogP contribution in [0.1, 0.15) is 10.4 Å². The second kappa shape index (κ2) is 5.78. The van der Waals surface area contributed by atoms with E-state index in [1.807, 2.05) is 0 Å². The summed E-state index contributed by atoms with van der Waals surface area (Å²) in [7, 11) is 1.35. The van der Waals surface area contributed by atoms with Crippen molar-refractivity contribution in [1.29, 1.82) is 0 Å². The number of rotatable bonds is 2. The zero-order valence-electron chi connectivity index (χ0n) is 7.04. The summed E-state index contributed by atoms with van der Waals surface area (Å²) < 4.78 is 6.23. The van der Waals surface area contributed by atoms with E-state index in [2.05, 4.69) is 4.74 Å². The lowest BCUT2D eigenvalue weighted by Crippen LogP contribution is -3.00. The van der Waals surface area contributed by atoms with E-state index in [0.717, 1.165) is 0 Å². The van der Waals surface area contributed by atoms with Crippen molar-refractivity contribution in [3.8, 4) is 0 Å². The van der Waals surface area contributed by atoms with Crippen LogP contribution in [0.2, 0.25) is 0 Å². The Morgan fingerprint density at radius 1 is 1.69 bits per heavy atom. The van der Waals surface area contributed by atoms with Gasteiger partial charge in [-0.05, 0) is 6.07 Å². The van der Waals surface area contributed by atoms with Crippen LogP contribution in [-0.2, 0) is 10.7 Å². The van der Waals surface area contributed by atoms with Gasteiger partial charge in [0.15, 0.2) is 12.4 Å². The number of nitrogens with zero attached hydrogens (tertiary/aromatic N) is 1. The van der Waals surface area contributed by atoms with Crippen LogP contribution in [0.25, 0.3) is 0 Å². The number of halogens is 2. The number of aromatic nitrogens is 1. The number of alkyl halides is 1. The smallest absolute Gasteiger partial charge is 0.343 e. The van der Waals surface area contributed by atoms with Gasteiger partial charge in [-0.2, -0.15) is 4.57 Å². The molecule has 0 N–H and O–H groups in total. The van der Waals surface area contributed by atoms with Gasteiger partial charge in [0.05, 0.1) is 7.11 Å². The normalized spacial score (nSPS) is 8.77. The van der Waals surface area contributed by atoms with Gasteiger partial charge in [-0.25, -0.2) is 4.79 Å². The SMILES string of the molecule is COC(=O)c1ccc[n+](CCl)c1.[Cl-]. The van der Waals surface area contributed by atoms with Gasteiger partial charge in [-0.3, -0.25) is 0 Å². The van der Waals surface area contributed by atoms with Gasteiger partial charge in [-0.15, -0.1) is 0 Å². The molecule has 1 aromatic heterocycles. The Kier molecular flexibility index (Phi) is 5.42. The fraction of sp³-hybridized carbons (Fsp3) is 0.250. The number of pyridine rings is 1. The van der Waals surface area contributed by atoms with E-state index in [1.165, 1.54) is 7.11 Å². The van der Waals surface area contributed by atoms with Crippen molar-refractivity contribution in [3.63, 3.8) is 0 Å². The van der Waals surface area contributed by atoms with Crippen molar-refractivity contribution in [2.45, 2.75) is 6.00 Å². The molecule has 0 amide bonds. The summed E-state index contributed by atoms with van der Waals surface area (Å²) in [5, 5.41) is 0. The summed E-state index contributed by atoms with van der Waals surface area (Å²) in [6.45, 7) is 0. The van der Waals surface area contributed by atoms with E-state index in [-0.39, 0.29) is 18.4 Å². The highest BCUT2D eigenvalue weighted by Gasteiger charge is 2.08. The molecule has 1 aromatic rings. The summed E-state index contributed by atoms with van der Waals surface area (Å²) in [5.74, 6) is -0.352. The molecule has 0 aliphatic rings. The fourth-order valence-corrected chi connectivity index (χ4v) is 0.984. The molecule has 3 nitrogen and oxygen atoms in total. The molecule has 0 unspecified atom stereocenters. The van der Waals surface area contributed by atoms with E-state index in [1.54, 1.807) is 29.1 Å². The van der Waals surface area contributed by atoms with Gasteiger partial charge in [0, 0.05) is 6.07 Å². The van der Waals surface area contributed by atoms with Crippen molar-refractivity contribution in [3.05, 3.63) is 30.1 Å². The Labute approximate surface area is 87.7 Å². The molecule has 1 rings (SSSR count). The van der Waals surface area contributed by atoms with E-state index in [4.69, 9.17) is 11.6 Å². The quantitative estimate of drug-likeness (QED) is 0.328. The van der Waals surface area contributed by atoms with Crippen molar-refractivity contribution in [1.82, 2.24) is 0 Å². The first-order chi connectivity index (χ1) is 5.77. The lowest BCUT2D eigenvalue weighted by atomic mass is 10.3. The van der Waals surface area contributed by atoms with Gasteiger partial charge >= 0.3 is 5.97 Å². The molecule has 0 fully saturated rings. The van der Waals surface area contributed by atoms with Gasteiger partial charge in [-0.1, -0.05) is 11.6 Å². The minimum Gasteiger partial charge on any atom is -1.00 e. The molecule has 0 bridgehead atoms. The number of hydrogen-bond donors (Lipinski definition) is 0. The maximum Gasteiger partial charge on any atom is 0.343 e. The molecular weight excluding hydrogens is 213 g/mol.